The minimum atomic E-state index is 0.641. The molecular weight excluding hydrogens is 316 g/mol. The minimum Gasteiger partial charge on any atom is -0.349 e. The van der Waals surface area contributed by atoms with Crippen molar-refractivity contribution in [1.82, 2.24) is 14.6 Å². The second-order valence-corrected chi connectivity index (χ2v) is 5.39. The Balaban J connectivity index is 1.82. The highest BCUT2D eigenvalue weighted by Gasteiger charge is 2.06. The maximum absolute atomic E-state index is 4.48. The van der Waals surface area contributed by atoms with Gasteiger partial charge in [-0.1, -0.05) is 31.2 Å². The molecule has 3 rings (SSSR count). The number of hydrogen-bond donors (Lipinski definition) is 1. The minimum absolute atomic E-state index is 0.641. The SMILES string of the molecule is CCc1ccccc1CNc1nc2c(Br)cccn2n1. The van der Waals surface area contributed by atoms with Crippen LogP contribution in [-0.4, -0.2) is 14.6 Å². The molecule has 2 heterocycles. The summed E-state index contributed by atoms with van der Waals surface area (Å²) in [5.74, 6) is 0.641. The molecule has 0 radical (unpaired) electrons. The number of nitrogens with one attached hydrogen (secondary N) is 1. The molecule has 20 heavy (non-hydrogen) atoms. The van der Waals surface area contributed by atoms with Gasteiger partial charge in [0.15, 0.2) is 5.65 Å². The van der Waals surface area contributed by atoms with Crippen LogP contribution in [0.3, 0.4) is 0 Å². The van der Waals surface area contributed by atoms with E-state index in [-0.39, 0.29) is 0 Å². The lowest BCUT2D eigenvalue weighted by molar-refractivity contribution is 0.944. The summed E-state index contributed by atoms with van der Waals surface area (Å²) in [5.41, 5.74) is 3.46. The lowest BCUT2D eigenvalue weighted by Crippen LogP contribution is -2.03. The number of rotatable bonds is 4. The van der Waals surface area contributed by atoms with Crippen LogP contribution in [0.2, 0.25) is 0 Å². The topological polar surface area (TPSA) is 42.2 Å². The Labute approximate surface area is 126 Å². The molecule has 0 aliphatic carbocycles. The van der Waals surface area contributed by atoms with Gasteiger partial charge in [-0.15, -0.1) is 5.10 Å². The van der Waals surface area contributed by atoms with E-state index < -0.39 is 0 Å². The largest absolute Gasteiger partial charge is 0.349 e. The van der Waals surface area contributed by atoms with Crippen molar-refractivity contribution in [3.05, 3.63) is 58.2 Å². The van der Waals surface area contributed by atoms with Crippen molar-refractivity contribution in [3.63, 3.8) is 0 Å². The van der Waals surface area contributed by atoms with Crippen LogP contribution in [0.1, 0.15) is 18.1 Å². The van der Waals surface area contributed by atoms with Crippen molar-refractivity contribution >= 4 is 27.5 Å². The molecule has 5 heteroatoms. The Bertz CT molecular complexity index is 736. The van der Waals surface area contributed by atoms with Crippen LogP contribution in [-0.2, 0) is 13.0 Å². The summed E-state index contributed by atoms with van der Waals surface area (Å²) in [6.45, 7) is 2.90. The van der Waals surface area contributed by atoms with Crippen molar-refractivity contribution in [2.24, 2.45) is 0 Å². The average molecular weight is 331 g/mol. The summed E-state index contributed by atoms with van der Waals surface area (Å²) >= 11 is 3.48. The molecule has 0 aliphatic rings. The first-order valence-corrected chi connectivity index (χ1v) is 7.39. The molecular formula is C15H15BrN4. The number of anilines is 1. The van der Waals surface area contributed by atoms with Crippen molar-refractivity contribution in [2.75, 3.05) is 5.32 Å². The van der Waals surface area contributed by atoms with Gasteiger partial charge in [-0.3, -0.25) is 0 Å². The first-order chi connectivity index (χ1) is 9.78. The summed E-state index contributed by atoms with van der Waals surface area (Å²) < 4.78 is 2.70. The van der Waals surface area contributed by atoms with E-state index in [0.29, 0.717) is 5.95 Å². The average Bonchev–Trinajstić information content (AvgIpc) is 2.90. The number of hydrogen-bond acceptors (Lipinski definition) is 3. The predicted octanol–water partition coefficient (Wildman–Crippen LogP) is 3.67. The number of aryl methyl sites for hydroxylation is 1. The lowest BCUT2D eigenvalue weighted by Gasteiger charge is -2.07. The fourth-order valence-corrected chi connectivity index (χ4v) is 2.62. The highest BCUT2D eigenvalue weighted by Crippen LogP contribution is 2.17. The summed E-state index contributed by atoms with van der Waals surface area (Å²) in [4.78, 5) is 4.48. The quantitative estimate of drug-likeness (QED) is 0.793. The molecule has 2 aromatic heterocycles. The van der Waals surface area contributed by atoms with E-state index in [1.54, 1.807) is 4.52 Å². The normalized spacial score (nSPS) is 10.9. The number of pyridine rings is 1. The summed E-state index contributed by atoms with van der Waals surface area (Å²) in [6.07, 6.45) is 2.92. The Kier molecular flexibility index (Phi) is 3.69. The molecule has 0 bridgehead atoms. The van der Waals surface area contributed by atoms with Crippen LogP contribution in [0.15, 0.2) is 47.1 Å². The molecule has 0 fully saturated rings. The molecule has 0 spiro atoms. The first kappa shape index (κ1) is 13.1. The molecule has 0 saturated heterocycles. The molecule has 3 aromatic rings. The van der Waals surface area contributed by atoms with Crippen molar-refractivity contribution in [2.45, 2.75) is 19.9 Å². The van der Waals surface area contributed by atoms with E-state index in [2.05, 4.69) is 62.5 Å². The van der Waals surface area contributed by atoms with Gasteiger partial charge in [0, 0.05) is 12.7 Å². The van der Waals surface area contributed by atoms with Crippen molar-refractivity contribution < 1.29 is 0 Å². The maximum Gasteiger partial charge on any atom is 0.243 e. The van der Waals surface area contributed by atoms with E-state index in [0.717, 1.165) is 23.1 Å². The molecule has 0 atom stereocenters. The van der Waals surface area contributed by atoms with Crippen LogP contribution in [0.4, 0.5) is 5.95 Å². The van der Waals surface area contributed by atoms with Gasteiger partial charge in [0.05, 0.1) is 4.47 Å². The van der Waals surface area contributed by atoms with Crippen LogP contribution >= 0.6 is 15.9 Å². The predicted molar refractivity (Wildman–Crippen MR) is 83.8 cm³/mol. The zero-order valence-electron chi connectivity index (χ0n) is 11.2. The number of aromatic nitrogens is 3. The van der Waals surface area contributed by atoms with Crippen LogP contribution in [0.5, 0.6) is 0 Å². The molecule has 0 saturated carbocycles. The van der Waals surface area contributed by atoms with Gasteiger partial charge in [-0.2, -0.15) is 4.98 Å². The zero-order chi connectivity index (χ0) is 13.9. The lowest BCUT2D eigenvalue weighted by atomic mass is 10.1. The molecule has 1 aromatic carbocycles. The number of halogens is 1. The van der Waals surface area contributed by atoms with Crippen LogP contribution in [0, 0.1) is 0 Å². The fourth-order valence-electron chi connectivity index (χ4n) is 2.20. The standard InChI is InChI=1S/C15H15BrN4/c1-2-11-6-3-4-7-12(11)10-17-15-18-14-13(16)8-5-9-20(14)19-15/h3-9H,2,10H2,1H3,(H,17,19). The Morgan fingerprint density at radius 1 is 1.15 bits per heavy atom. The molecule has 0 aliphatic heterocycles. The van der Waals surface area contributed by atoms with Gasteiger partial charge >= 0.3 is 0 Å². The monoisotopic (exact) mass is 330 g/mol. The van der Waals surface area contributed by atoms with Gasteiger partial charge in [0.25, 0.3) is 0 Å². The summed E-state index contributed by atoms with van der Waals surface area (Å²) in [7, 11) is 0. The third kappa shape index (κ3) is 2.54. The highest BCUT2D eigenvalue weighted by atomic mass is 79.9. The van der Waals surface area contributed by atoms with E-state index in [4.69, 9.17) is 0 Å². The van der Waals surface area contributed by atoms with Crippen LogP contribution in [0.25, 0.3) is 5.65 Å². The molecule has 1 N–H and O–H groups in total. The Hall–Kier alpha value is -1.88. The molecule has 4 nitrogen and oxygen atoms in total. The van der Waals surface area contributed by atoms with Crippen molar-refractivity contribution in [3.8, 4) is 0 Å². The van der Waals surface area contributed by atoms with Crippen LogP contribution < -0.4 is 5.32 Å². The first-order valence-electron chi connectivity index (χ1n) is 6.59. The second-order valence-electron chi connectivity index (χ2n) is 4.54. The van der Waals surface area contributed by atoms with E-state index in [1.165, 1.54) is 11.1 Å². The molecule has 0 amide bonds. The maximum atomic E-state index is 4.48. The number of benzene rings is 1. The van der Waals surface area contributed by atoms with Gasteiger partial charge < -0.3 is 5.32 Å². The third-order valence-corrected chi connectivity index (χ3v) is 3.87. The zero-order valence-corrected chi connectivity index (χ0v) is 12.8. The van der Waals surface area contributed by atoms with E-state index in [1.807, 2.05) is 18.3 Å². The third-order valence-electron chi connectivity index (χ3n) is 3.25. The summed E-state index contributed by atoms with van der Waals surface area (Å²) in [6, 6.07) is 12.3. The van der Waals surface area contributed by atoms with Gasteiger partial charge in [0.2, 0.25) is 5.95 Å². The molecule has 0 unspecified atom stereocenters. The Morgan fingerprint density at radius 3 is 2.70 bits per heavy atom. The fraction of sp³-hybridized carbons (Fsp3) is 0.200. The second kappa shape index (κ2) is 5.63. The van der Waals surface area contributed by atoms with E-state index >= 15 is 0 Å². The van der Waals surface area contributed by atoms with Crippen molar-refractivity contribution in [1.29, 1.82) is 0 Å². The molecule has 102 valence electrons. The Morgan fingerprint density at radius 2 is 1.95 bits per heavy atom. The number of fused-ring (bicyclic) bond motifs is 1. The number of nitrogens with zero attached hydrogens (tertiary/aromatic N) is 3. The van der Waals surface area contributed by atoms with Gasteiger partial charge in [-0.25, -0.2) is 4.52 Å². The highest BCUT2D eigenvalue weighted by molar-refractivity contribution is 9.10. The smallest absolute Gasteiger partial charge is 0.243 e. The van der Waals surface area contributed by atoms with Gasteiger partial charge in [-0.05, 0) is 45.6 Å². The van der Waals surface area contributed by atoms with Gasteiger partial charge in [0.1, 0.15) is 0 Å². The van der Waals surface area contributed by atoms with E-state index in [9.17, 15) is 0 Å². The summed E-state index contributed by atoms with van der Waals surface area (Å²) in [5, 5.41) is 7.70.